The van der Waals surface area contributed by atoms with E-state index in [-0.39, 0.29) is 17.0 Å². The van der Waals surface area contributed by atoms with Crippen molar-refractivity contribution in [2.45, 2.75) is 0 Å². The number of benzene rings is 3. The van der Waals surface area contributed by atoms with Crippen molar-refractivity contribution in [3.8, 4) is 5.75 Å². The molecule has 1 N–H and O–H groups in total. The van der Waals surface area contributed by atoms with Crippen LogP contribution in [-0.4, -0.2) is 33.0 Å². The maximum Gasteiger partial charge on any atom is 0.282 e. The lowest BCUT2D eigenvalue weighted by Crippen LogP contribution is -2.33. The first kappa shape index (κ1) is 22.0. The number of hydrogen-bond donors (Lipinski definition) is 1. The number of imide groups is 1. The minimum atomic E-state index is -1.01. The van der Waals surface area contributed by atoms with Gasteiger partial charge in [-0.05, 0) is 54.1 Å². The van der Waals surface area contributed by atoms with Crippen molar-refractivity contribution in [3.05, 3.63) is 89.6 Å². The van der Waals surface area contributed by atoms with E-state index in [2.05, 4.69) is 5.32 Å². The van der Waals surface area contributed by atoms with Crippen LogP contribution in [-0.2, 0) is 9.59 Å². The SMILES string of the molecule is COc1ccc(C2=C(Nc3ccc(N(C)C)cc3)C(=O)N(c3ccc(F)cc3F)C2=O)cc1. The summed E-state index contributed by atoms with van der Waals surface area (Å²) in [6.07, 6.45) is 0. The molecule has 8 heteroatoms. The summed E-state index contributed by atoms with van der Waals surface area (Å²) in [5.74, 6) is -2.71. The molecule has 0 atom stereocenters. The van der Waals surface area contributed by atoms with Crippen LogP contribution in [0.25, 0.3) is 5.57 Å². The van der Waals surface area contributed by atoms with E-state index in [1.807, 2.05) is 31.1 Å². The Bertz CT molecular complexity index is 1250. The molecule has 0 spiro atoms. The second kappa shape index (κ2) is 8.74. The van der Waals surface area contributed by atoms with Gasteiger partial charge in [-0.2, -0.15) is 0 Å². The van der Waals surface area contributed by atoms with E-state index >= 15 is 0 Å². The molecule has 0 saturated carbocycles. The van der Waals surface area contributed by atoms with E-state index in [0.29, 0.717) is 28.0 Å². The summed E-state index contributed by atoms with van der Waals surface area (Å²) in [5, 5.41) is 3.02. The zero-order chi connectivity index (χ0) is 23.7. The van der Waals surface area contributed by atoms with Crippen molar-refractivity contribution < 1.29 is 23.1 Å². The normalized spacial score (nSPS) is 13.5. The van der Waals surface area contributed by atoms with E-state index in [1.165, 1.54) is 7.11 Å². The number of rotatable bonds is 6. The molecular weight excluding hydrogens is 428 g/mol. The van der Waals surface area contributed by atoms with Crippen molar-refractivity contribution in [1.82, 2.24) is 0 Å². The van der Waals surface area contributed by atoms with Gasteiger partial charge in [0.05, 0.1) is 18.4 Å². The van der Waals surface area contributed by atoms with Crippen molar-refractivity contribution in [3.63, 3.8) is 0 Å². The number of hydrogen-bond acceptors (Lipinski definition) is 5. The number of carbonyl (C=O) groups is 2. The van der Waals surface area contributed by atoms with E-state index in [4.69, 9.17) is 4.74 Å². The predicted molar refractivity (Wildman–Crippen MR) is 123 cm³/mol. The number of methoxy groups -OCH3 is 1. The second-order valence-electron chi connectivity index (χ2n) is 7.59. The highest BCUT2D eigenvalue weighted by Crippen LogP contribution is 2.35. The van der Waals surface area contributed by atoms with Crippen LogP contribution in [0.5, 0.6) is 5.75 Å². The fraction of sp³-hybridized carbons (Fsp3) is 0.120. The third-order valence-corrected chi connectivity index (χ3v) is 5.27. The average molecular weight is 449 g/mol. The molecule has 168 valence electrons. The summed E-state index contributed by atoms with van der Waals surface area (Å²) < 4.78 is 33.1. The van der Waals surface area contributed by atoms with Crippen molar-refractivity contribution in [1.29, 1.82) is 0 Å². The quantitative estimate of drug-likeness (QED) is 0.564. The number of carbonyl (C=O) groups excluding carboxylic acids is 2. The first-order valence-corrected chi connectivity index (χ1v) is 10.1. The lowest BCUT2D eigenvalue weighted by Gasteiger charge is -2.16. The number of anilines is 3. The Morgan fingerprint density at radius 3 is 2.12 bits per heavy atom. The maximum atomic E-state index is 14.5. The lowest BCUT2D eigenvalue weighted by molar-refractivity contribution is -0.120. The third-order valence-electron chi connectivity index (χ3n) is 5.27. The number of amides is 2. The smallest absolute Gasteiger partial charge is 0.282 e. The van der Waals surface area contributed by atoms with Crippen molar-refractivity contribution in [2.24, 2.45) is 0 Å². The molecule has 4 rings (SSSR count). The van der Waals surface area contributed by atoms with Crippen LogP contribution in [0.2, 0.25) is 0 Å². The number of nitrogens with one attached hydrogen (secondary N) is 1. The zero-order valence-electron chi connectivity index (χ0n) is 18.2. The van der Waals surface area contributed by atoms with Gasteiger partial charge in [0.15, 0.2) is 0 Å². The van der Waals surface area contributed by atoms with Crippen LogP contribution < -0.4 is 19.9 Å². The summed E-state index contributed by atoms with van der Waals surface area (Å²) in [6.45, 7) is 0. The van der Waals surface area contributed by atoms with Crippen molar-refractivity contribution in [2.75, 3.05) is 36.3 Å². The number of nitrogens with zero attached hydrogens (tertiary/aromatic N) is 2. The van der Waals surface area contributed by atoms with Gasteiger partial charge in [0.2, 0.25) is 0 Å². The lowest BCUT2D eigenvalue weighted by atomic mass is 10.0. The molecule has 3 aromatic rings. The average Bonchev–Trinajstić information content (AvgIpc) is 3.04. The Balaban J connectivity index is 1.79. The van der Waals surface area contributed by atoms with Crippen LogP contribution in [0.4, 0.5) is 25.8 Å². The molecule has 0 fully saturated rings. The minimum absolute atomic E-state index is 0.00788. The molecule has 1 aliphatic heterocycles. The van der Waals surface area contributed by atoms with Gasteiger partial charge in [0.1, 0.15) is 23.1 Å². The molecule has 3 aromatic carbocycles. The Labute approximate surface area is 189 Å². The van der Waals surface area contributed by atoms with Gasteiger partial charge in [0.25, 0.3) is 11.8 Å². The van der Waals surface area contributed by atoms with Gasteiger partial charge in [-0.15, -0.1) is 0 Å². The summed E-state index contributed by atoms with van der Waals surface area (Å²) >= 11 is 0. The monoisotopic (exact) mass is 449 g/mol. The van der Waals surface area contributed by atoms with Gasteiger partial charge < -0.3 is 15.0 Å². The van der Waals surface area contributed by atoms with Gasteiger partial charge in [0, 0.05) is 31.5 Å². The molecule has 0 radical (unpaired) electrons. The first-order chi connectivity index (χ1) is 15.8. The summed E-state index contributed by atoms with van der Waals surface area (Å²) in [6, 6.07) is 16.5. The van der Waals surface area contributed by atoms with Crippen LogP contribution in [0, 0.1) is 11.6 Å². The number of ether oxygens (including phenoxy) is 1. The maximum absolute atomic E-state index is 14.5. The molecule has 33 heavy (non-hydrogen) atoms. The molecule has 1 heterocycles. The Hall–Kier alpha value is -4.20. The molecule has 1 aliphatic rings. The van der Waals surface area contributed by atoms with Crippen LogP contribution in [0.1, 0.15) is 5.56 Å². The highest BCUT2D eigenvalue weighted by atomic mass is 19.1. The molecule has 6 nitrogen and oxygen atoms in total. The minimum Gasteiger partial charge on any atom is -0.497 e. The molecule has 0 bridgehead atoms. The summed E-state index contributed by atoms with van der Waals surface area (Å²) in [7, 11) is 5.32. The van der Waals surface area contributed by atoms with Gasteiger partial charge in [-0.1, -0.05) is 12.1 Å². The molecular formula is C25H21F2N3O3. The predicted octanol–water partition coefficient (Wildman–Crippen LogP) is 4.44. The number of halogens is 2. The van der Waals surface area contributed by atoms with E-state index in [0.717, 1.165) is 17.8 Å². The molecule has 0 aromatic heterocycles. The molecule has 0 aliphatic carbocycles. The van der Waals surface area contributed by atoms with Crippen LogP contribution >= 0.6 is 0 Å². The summed E-state index contributed by atoms with van der Waals surface area (Å²) in [5.41, 5.74) is 1.72. The Morgan fingerprint density at radius 2 is 1.55 bits per heavy atom. The second-order valence-corrected chi connectivity index (χ2v) is 7.59. The topological polar surface area (TPSA) is 61.9 Å². The Kier molecular flexibility index (Phi) is 5.83. The van der Waals surface area contributed by atoms with Gasteiger partial charge in [-0.25, -0.2) is 13.7 Å². The Morgan fingerprint density at radius 1 is 0.879 bits per heavy atom. The van der Waals surface area contributed by atoms with Gasteiger partial charge in [-0.3, -0.25) is 9.59 Å². The van der Waals surface area contributed by atoms with Gasteiger partial charge >= 0.3 is 0 Å². The zero-order valence-corrected chi connectivity index (χ0v) is 18.2. The van der Waals surface area contributed by atoms with E-state index in [1.54, 1.807) is 36.4 Å². The fourth-order valence-corrected chi connectivity index (χ4v) is 3.54. The molecule has 2 amide bonds. The largest absolute Gasteiger partial charge is 0.497 e. The first-order valence-electron chi connectivity index (χ1n) is 10.1. The highest BCUT2D eigenvalue weighted by molar-refractivity contribution is 6.46. The molecule has 0 unspecified atom stereocenters. The standard InChI is InChI=1S/C25H21F2N3O3/c1-29(2)18-9-7-17(8-10-18)28-23-22(15-4-11-19(33-3)12-5-15)24(31)30(25(23)32)21-13-6-16(26)14-20(21)27/h4-14,28H,1-3H3. The summed E-state index contributed by atoms with van der Waals surface area (Å²) in [4.78, 5) is 29.3. The third kappa shape index (κ3) is 4.15. The van der Waals surface area contributed by atoms with Crippen LogP contribution in [0.15, 0.2) is 72.4 Å². The van der Waals surface area contributed by atoms with E-state index in [9.17, 15) is 18.4 Å². The molecule has 0 saturated heterocycles. The highest BCUT2D eigenvalue weighted by Gasteiger charge is 2.41. The van der Waals surface area contributed by atoms with E-state index < -0.39 is 23.4 Å². The van der Waals surface area contributed by atoms with Crippen molar-refractivity contribution >= 4 is 34.4 Å². The fourth-order valence-electron chi connectivity index (χ4n) is 3.54. The van der Waals surface area contributed by atoms with Crippen LogP contribution in [0.3, 0.4) is 0 Å².